The molecule has 3 rings (SSSR count). The van der Waals surface area contributed by atoms with E-state index in [1.54, 1.807) is 0 Å². The zero-order chi connectivity index (χ0) is 16.9. The number of benzene rings is 1. The summed E-state index contributed by atoms with van der Waals surface area (Å²) in [5.41, 5.74) is 1.01. The number of nitrogens with zero attached hydrogens (tertiary/aromatic N) is 2. The minimum absolute atomic E-state index is 0.281. The summed E-state index contributed by atoms with van der Waals surface area (Å²) in [6.07, 6.45) is 3.81. The van der Waals surface area contributed by atoms with E-state index >= 15 is 0 Å². The molecule has 1 N–H and O–H groups in total. The molecule has 0 bridgehead atoms. The summed E-state index contributed by atoms with van der Waals surface area (Å²) in [6, 6.07) is 9.93. The number of aliphatic hydroxyl groups is 1. The van der Waals surface area contributed by atoms with Crippen LogP contribution in [0.1, 0.15) is 44.3 Å². The van der Waals surface area contributed by atoms with Gasteiger partial charge in [-0.05, 0) is 56.2 Å². The molecule has 1 amide bonds. The lowest BCUT2D eigenvalue weighted by Gasteiger charge is -2.36. The largest absolute Gasteiger partial charge is 0.388 e. The molecule has 0 radical (unpaired) electrons. The van der Waals surface area contributed by atoms with Gasteiger partial charge in [0.25, 0.3) is 0 Å². The lowest BCUT2D eigenvalue weighted by atomic mass is 9.87. The van der Waals surface area contributed by atoms with E-state index in [4.69, 9.17) is 0 Å². The van der Waals surface area contributed by atoms with E-state index < -0.39 is 0 Å². The predicted octanol–water partition coefficient (Wildman–Crippen LogP) is 2.69. The Hall–Kier alpha value is -1.39. The molecule has 0 saturated carbocycles. The maximum atomic E-state index is 12.4. The molecule has 0 aromatic heterocycles. The highest BCUT2D eigenvalue weighted by Crippen LogP contribution is 2.30. The van der Waals surface area contributed by atoms with Crippen LogP contribution >= 0.6 is 0 Å². The number of rotatable bonds is 4. The summed E-state index contributed by atoms with van der Waals surface area (Å²) in [4.78, 5) is 16.7. The first-order valence-electron chi connectivity index (χ1n) is 9.36. The van der Waals surface area contributed by atoms with Crippen LogP contribution < -0.4 is 0 Å². The number of hydrogen-bond acceptors (Lipinski definition) is 3. The van der Waals surface area contributed by atoms with Crippen molar-refractivity contribution in [3.8, 4) is 0 Å². The van der Waals surface area contributed by atoms with Crippen molar-refractivity contribution in [1.29, 1.82) is 0 Å². The molecule has 4 heteroatoms. The number of carbonyl (C=O) groups excluding carboxylic acids is 1. The maximum Gasteiger partial charge on any atom is 0.236 e. The second kappa shape index (κ2) is 8.13. The fourth-order valence-electron chi connectivity index (χ4n) is 3.90. The smallest absolute Gasteiger partial charge is 0.236 e. The van der Waals surface area contributed by atoms with Gasteiger partial charge in [0.05, 0.1) is 12.6 Å². The van der Waals surface area contributed by atoms with Crippen LogP contribution in [0.15, 0.2) is 30.3 Å². The third-order valence-electron chi connectivity index (χ3n) is 5.72. The molecule has 2 aliphatic rings. The monoisotopic (exact) mass is 330 g/mol. The summed E-state index contributed by atoms with van der Waals surface area (Å²) in [6.45, 7) is 6.47. The Kier molecular flexibility index (Phi) is 5.90. The average Bonchev–Trinajstić information content (AvgIpc) is 2.63. The van der Waals surface area contributed by atoms with Crippen molar-refractivity contribution in [3.05, 3.63) is 35.9 Å². The molecule has 2 aliphatic heterocycles. The number of aliphatic hydroxyl groups excluding tert-OH is 1. The number of carbonyl (C=O) groups is 1. The van der Waals surface area contributed by atoms with Crippen LogP contribution in [0, 0.1) is 11.8 Å². The molecular weight excluding hydrogens is 300 g/mol. The van der Waals surface area contributed by atoms with Crippen LogP contribution in [0.2, 0.25) is 0 Å². The van der Waals surface area contributed by atoms with Gasteiger partial charge >= 0.3 is 0 Å². The normalized spacial score (nSPS) is 22.5. The summed E-state index contributed by atoms with van der Waals surface area (Å²) in [5.74, 6) is 1.34. The summed E-state index contributed by atoms with van der Waals surface area (Å²) < 4.78 is 0. The second-order valence-electron chi connectivity index (χ2n) is 7.53. The maximum absolute atomic E-state index is 12.4. The standard InChI is InChI=1S/C20H30N2O2/c1-16-7-13-22(14-8-16)19(23)15-21-11-9-18(10-12-21)20(24)17-5-3-2-4-6-17/h2-6,16,18,20,24H,7-15H2,1H3. The van der Waals surface area contributed by atoms with Crippen LogP contribution in [-0.2, 0) is 4.79 Å². The van der Waals surface area contributed by atoms with E-state index in [0.717, 1.165) is 63.3 Å². The highest BCUT2D eigenvalue weighted by Gasteiger charge is 2.28. The fourth-order valence-corrected chi connectivity index (χ4v) is 3.90. The van der Waals surface area contributed by atoms with E-state index in [-0.39, 0.29) is 12.0 Å². The molecule has 2 saturated heterocycles. The van der Waals surface area contributed by atoms with Gasteiger partial charge < -0.3 is 10.0 Å². The first kappa shape index (κ1) is 17.4. The summed E-state index contributed by atoms with van der Waals surface area (Å²) in [7, 11) is 0. The molecule has 24 heavy (non-hydrogen) atoms. The van der Waals surface area contributed by atoms with Gasteiger partial charge in [-0.3, -0.25) is 9.69 Å². The summed E-state index contributed by atoms with van der Waals surface area (Å²) >= 11 is 0. The fraction of sp³-hybridized carbons (Fsp3) is 0.650. The molecule has 1 aromatic carbocycles. The minimum atomic E-state index is -0.382. The van der Waals surface area contributed by atoms with Gasteiger partial charge in [-0.2, -0.15) is 0 Å². The molecule has 1 atom stereocenters. The van der Waals surface area contributed by atoms with E-state index in [1.165, 1.54) is 0 Å². The van der Waals surface area contributed by atoms with E-state index in [1.807, 2.05) is 35.2 Å². The predicted molar refractivity (Wildman–Crippen MR) is 95.5 cm³/mol. The van der Waals surface area contributed by atoms with Crippen LogP contribution in [0.3, 0.4) is 0 Å². The number of hydrogen-bond donors (Lipinski definition) is 1. The Labute approximate surface area is 145 Å². The van der Waals surface area contributed by atoms with Gasteiger partial charge in [0.1, 0.15) is 0 Å². The Morgan fingerprint density at radius 1 is 1.08 bits per heavy atom. The molecular formula is C20H30N2O2. The zero-order valence-electron chi connectivity index (χ0n) is 14.7. The van der Waals surface area contributed by atoms with Crippen molar-refractivity contribution in [2.45, 2.75) is 38.7 Å². The zero-order valence-corrected chi connectivity index (χ0v) is 14.7. The molecule has 132 valence electrons. The van der Waals surface area contributed by atoms with Gasteiger partial charge in [0.2, 0.25) is 5.91 Å². The van der Waals surface area contributed by atoms with Gasteiger partial charge in [-0.15, -0.1) is 0 Å². The minimum Gasteiger partial charge on any atom is -0.388 e. The quantitative estimate of drug-likeness (QED) is 0.923. The van der Waals surface area contributed by atoms with Crippen molar-refractivity contribution >= 4 is 5.91 Å². The Balaban J connectivity index is 1.44. The van der Waals surface area contributed by atoms with E-state index in [0.29, 0.717) is 12.5 Å². The van der Waals surface area contributed by atoms with Crippen molar-refractivity contribution in [3.63, 3.8) is 0 Å². The topological polar surface area (TPSA) is 43.8 Å². The van der Waals surface area contributed by atoms with Crippen LogP contribution in [-0.4, -0.2) is 53.5 Å². The second-order valence-corrected chi connectivity index (χ2v) is 7.53. The molecule has 1 unspecified atom stereocenters. The van der Waals surface area contributed by atoms with Gasteiger partial charge in [0, 0.05) is 13.1 Å². The molecule has 0 spiro atoms. The Bertz CT molecular complexity index is 518. The first-order valence-corrected chi connectivity index (χ1v) is 9.36. The lowest BCUT2D eigenvalue weighted by molar-refractivity contribution is -0.134. The van der Waals surface area contributed by atoms with Crippen LogP contribution in [0.25, 0.3) is 0 Å². The third kappa shape index (κ3) is 4.37. The SMILES string of the molecule is CC1CCN(C(=O)CN2CCC(C(O)c3ccccc3)CC2)CC1. The number of likely N-dealkylation sites (tertiary alicyclic amines) is 2. The molecule has 1 aromatic rings. The third-order valence-corrected chi connectivity index (χ3v) is 5.72. The van der Waals surface area contributed by atoms with Crippen molar-refractivity contribution in [2.24, 2.45) is 11.8 Å². The Morgan fingerprint density at radius 3 is 2.33 bits per heavy atom. The van der Waals surface area contributed by atoms with Gasteiger partial charge in [-0.25, -0.2) is 0 Å². The van der Waals surface area contributed by atoms with Crippen LogP contribution in [0.5, 0.6) is 0 Å². The highest BCUT2D eigenvalue weighted by atomic mass is 16.3. The van der Waals surface area contributed by atoms with Crippen LogP contribution in [0.4, 0.5) is 0 Å². The van der Waals surface area contributed by atoms with E-state index in [9.17, 15) is 9.90 Å². The van der Waals surface area contributed by atoms with Gasteiger partial charge in [-0.1, -0.05) is 37.3 Å². The molecule has 4 nitrogen and oxygen atoms in total. The first-order chi connectivity index (χ1) is 11.6. The molecule has 2 heterocycles. The number of amides is 1. The summed E-state index contributed by atoms with van der Waals surface area (Å²) in [5, 5.41) is 10.5. The highest BCUT2D eigenvalue weighted by molar-refractivity contribution is 5.78. The van der Waals surface area contributed by atoms with Crippen molar-refractivity contribution < 1.29 is 9.90 Å². The lowest BCUT2D eigenvalue weighted by Crippen LogP contribution is -2.46. The molecule has 0 aliphatic carbocycles. The number of piperidine rings is 2. The molecule has 2 fully saturated rings. The van der Waals surface area contributed by atoms with E-state index in [2.05, 4.69) is 11.8 Å². The Morgan fingerprint density at radius 2 is 1.71 bits per heavy atom. The van der Waals surface area contributed by atoms with Gasteiger partial charge in [0.15, 0.2) is 0 Å². The average molecular weight is 330 g/mol. The van der Waals surface area contributed by atoms with Crippen molar-refractivity contribution in [1.82, 2.24) is 9.80 Å². The van der Waals surface area contributed by atoms with Crippen molar-refractivity contribution in [2.75, 3.05) is 32.7 Å².